The van der Waals surface area contributed by atoms with Crippen molar-refractivity contribution in [1.29, 1.82) is 0 Å². The predicted octanol–water partition coefficient (Wildman–Crippen LogP) is 1.68. The number of methoxy groups -OCH3 is 3. The number of ether oxygens (including phenoxy) is 3. The van der Waals surface area contributed by atoms with Crippen LogP contribution in [-0.2, 0) is 9.47 Å². The van der Waals surface area contributed by atoms with Gasteiger partial charge in [0.2, 0.25) is 0 Å². The number of rotatable bonds is 11. The lowest BCUT2D eigenvalue weighted by Gasteiger charge is -2.31. The third kappa shape index (κ3) is 6.01. The lowest BCUT2D eigenvalue weighted by Crippen LogP contribution is -2.37. The first kappa shape index (κ1) is 17.9. The van der Waals surface area contributed by atoms with E-state index in [2.05, 4.69) is 17.0 Å². The van der Waals surface area contributed by atoms with E-state index in [1.807, 2.05) is 12.1 Å². The van der Waals surface area contributed by atoms with Crippen LogP contribution in [0.5, 0.6) is 5.75 Å². The largest absolute Gasteiger partial charge is 0.497 e. The third-order valence-corrected chi connectivity index (χ3v) is 3.54. The van der Waals surface area contributed by atoms with Crippen LogP contribution in [0.15, 0.2) is 24.3 Å². The van der Waals surface area contributed by atoms with Crippen molar-refractivity contribution in [3.05, 3.63) is 29.8 Å². The molecule has 1 atom stereocenters. The van der Waals surface area contributed by atoms with Gasteiger partial charge in [-0.25, -0.2) is 0 Å². The first-order valence-corrected chi connectivity index (χ1v) is 7.32. The van der Waals surface area contributed by atoms with Gasteiger partial charge in [0.25, 0.3) is 0 Å². The van der Waals surface area contributed by atoms with E-state index < -0.39 is 0 Å². The van der Waals surface area contributed by atoms with Gasteiger partial charge in [0.05, 0.1) is 13.7 Å². The first-order valence-electron chi connectivity index (χ1n) is 7.32. The van der Waals surface area contributed by atoms with E-state index in [9.17, 15) is 0 Å². The molecular weight excluding hydrogens is 268 g/mol. The van der Waals surface area contributed by atoms with E-state index in [-0.39, 0.29) is 6.04 Å². The molecule has 0 aliphatic rings. The highest BCUT2D eigenvalue weighted by molar-refractivity contribution is 5.29. The Balaban J connectivity index is 2.76. The second-order valence-corrected chi connectivity index (χ2v) is 4.90. The van der Waals surface area contributed by atoms with Crippen LogP contribution >= 0.6 is 0 Å². The summed E-state index contributed by atoms with van der Waals surface area (Å²) in [6, 6.07) is 8.28. The van der Waals surface area contributed by atoms with Crippen LogP contribution in [0.2, 0.25) is 0 Å². The van der Waals surface area contributed by atoms with Gasteiger partial charge in [0.1, 0.15) is 5.75 Å². The molecule has 0 radical (unpaired) electrons. The van der Waals surface area contributed by atoms with Gasteiger partial charge in [-0.3, -0.25) is 4.90 Å². The number of nitrogens with two attached hydrogens (primary N) is 1. The average Bonchev–Trinajstić information content (AvgIpc) is 2.53. The van der Waals surface area contributed by atoms with Gasteiger partial charge in [-0.05, 0) is 24.1 Å². The molecule has 0 fully saturated rings. The van der Waals surface area contributed by atoms with E-state index in [4.69, 9.17) is 19.9 Å². The summed E-state index contributed by atoms with van der Waals surface area (Å²) >= 11 is 0. The highest BCUT2D eigenvalue weighted by Gasteiger charge is 2.18. The van der Waals surface area contributed by atoms with E-state index in [0.29, 0.717) is 13.2 Å². The molecule has 5 heteroatoms. The average molecular weight is 296 g/mol. The van der Waals surface area contributed by atoms with Gasteiger partial charge in [-0.1, -0.05) is 12.1 Å². The number of nitrogens with zero attached hydrogens (tertiary/aromatic N) is 1. The number of hydrogen-bond donors (Lipinski definition) is 1. The molecule has 0 saturated heterocycles. The molecule has 1 aromatic rings. The zero-order valence-corrected chi connectivity index (χ0v) is 13.4. The van der Waals surface area contributed by atoms with E-state index >= 15 is 0 Å². The normalized spacial score (nSPS) is 12.6. The number of hydrogen-bond acceptors (Lipinski definition) is 5. The minimum atomic E-state index is 0.183. The maximum Gasteiger partial charge on any atom is 0.118 e. The molecule has 0 heterocycles. The summed E-state index contributed by atoms with van der Waals surface area (Å²) in [5, 5.41) is 0. The molecule has 0 aliphatic carbocycles. The van der Waals surface area contributed by atoms with Crippen molar-refractivity contribution in [2.24, 2.45) is 5.73 Å². The fourth-order valence-corrected chi connectivity index (χ4v) is 2.37. The van der Waals surface area contributed by atoms with Crippen molar-refractivity contribution in [3.63, 3.8) is 0 Å². The molecule has 0 spiro atoms. The minimum Gasteiger partial charge on any atom is -0.497 e. The summed E-state index contributed by atoms with van der Waals surface area (Å²) in [4.78, 5) is 2.35. The fourth-order valence-electron chi connectivity index (χ4n) is 2.37. The summed E-state index contributed by atoms with van der Waals surface area (Å²) in [7, 11) is 5.12. The lowest BCUT2D eigenvalue weighted by molar-refractivity contribution is 0.108. The Morgan fingerprint density at radius 2 is 1.67 bits per heavy atom. The highest BCUT2D eigenvalue weighted by atomic mass is 16.5. The second-order valence-electron chi connectivity index (χ2n) is 4.90. The molecule has 1 rings (SSSR count). The molecule has 120 valence electrons. The smallest absolute Gasteiger partial charge is 0.118 e. The second kappa shape index (κ2) is 10.6. The Hall–Kier alpha value is -1.14. The summed E-state index contributed by atoms with van der Waals surface area (Å²) in [5.74, 6) is 0.859. The topological polar surface area (TPSA) is 57.0 Å². The summed E-state index contributed by atoms with van der Waals surface area (Å²) in [6.07, 6.45) is 0.979. The van der Waals surface area contributed by atoms with Crippen LogP contribution in [0.3, 0.4) is 0 Å². The Bertz CT molecular complexity index is 370. The maximum absolute atomic E-state index is 6.01. The fraction of sp³-hybridized carbons (Fsp3) is 0.625. The standard InChI is InChI=1S/C16H28N2O3/c1-19-11-4-9-18(10-12-20-2)16(13-17)14-5-7-15(21-3)8-6-14/h5-8,16H,4,9-13,17H2,1-3H3. The maximum atomic E-state index is 6.01. The molecule has 2 N–H and O–H groups in total. The van der Waals surface area contributed by atoms with Gasteiger partial charge in [0, 0.05) is 46.5 Å². The monoisotopic (exact) mass is 296 g/mol. The summed E-state index contributed by atoms with van der Waals surface area (Å²) in [5.41, 5.74) is 7.21. The molecule has 1 aromatic carbocycles. The zero-order chi connectivity index (χ0) is 15.5. The molecule has 1 unspecified atom stereocenters. The lowest BCUT2D eigenvalue weighted by atomic mass is 10.0. The first-order chi connectivity index (χ1) is 10.3. The van der Waals surface area contributed by atoms with E-state index in [0.717, 1.165) is 31.9 Å². The van der Waals surface area contributed by atoms with Gasteiger partial charge >= 0.3 is 0 Å². The Kier molecular flexibility index (Phi) is 9.01. The quantitative estimate of drug-likeness (QED) is 0.630. The van der Waals surface area contributed by atoms with Crippen LogP contribution in [0.25, 0.3) is 0 Å². The Morgan fingerprint density at radius 1 is 1.00 bits per heavy atom. The van der Waals surface area contributed by atoms with Gasteiger partial charge in [-0.2, -0.15) is 0 Å². The van der Waals surface area contributed by atoms with Gasteiger partial charge in [0.15, 0.2) is 0 Å². The molecule has 0 saturated carbocycles. The van der Waals surface area contributed by atoms with Crippen molar-refractivity contribution >= 4 is 0 Å². The predicted molar refractivity (Wildman–Crippen MR) is 84.7 cm³/mol. The van der Waals surface area contributed by atoms with Crippen molar-refractivity contribution in [2.75, 3.05) is 54.2 Å². The van der Waals surface area contributed by atoms with Gasteiger partial charge in [-0.15, -0.1) is 0 Å². The number of benzene rings is 1. The molecule has 0 amide bonds. The molecule has 5 nitrogen and oxygen atoms in total. The van der Waals surface area contributed by atoms with Crippen LogP contribution in [0, 0.1) is 0 Å². The van der Waals surface area contributed by atoms with Gasteiger partial charge < -0.3 is 19.9 Å². The zero-order valence-electron chi connectivity index (χ0n) is 13.4. The van der Waals surface area contributed by atoms with E-state index in [1.165, 1.54) is 5.56 Å². The highest BCUT2D eigenvalue weighted by Crippen LogP contribution is 2.22. The van der Waals surface area contributed by atoms with Crippen molar-refractivity contribution < 1.29 is 14.2 Å². The van der Waals surface area contributed by atoms with Crippen molar-refractivity contribution in [2.45, 2.75) is 12.5 Å². The van der Waals surface area contributed by atoms with Crippen molar-refractivity contribution in [3.8, 4) is 5.75 Å². The SMILES string of the molecule is COCCCN(CCOC)C(CN)c1ccc(OC)cc1. The molecular formula is C16H28N2O3. The van der Waals surface area contributed by atoms with Crippen LogP contribution in [-0.4, -0.2) is 59.1 Å². The molecule has 0 bridgehead atoms. The van der Waals surface area contributed by atoms with Crippen molar-refractivity contribution in [1.82, 2.24) is 4.90 Å². The molecule has 21 heavy (non-hydrogen) atoms. The van der Waals surface area contributed by atoms with E-state index in [1.54, 1.807) is 21.3 Å². The van der Waals surface area contributed by atoms with Crippen LogP contribution < -0.4 is 10.5 Å². The summed E-state index contributed by atoms with van der Waals surface area (Å²) < 4.78 is 15.6. The summed E-state index contributed by atoms with van der Waals surface area (Å²) in [6.45, 7) is 3.81. The molecule has 0 aliphatic heterocycles. The third-order valence-electron chi connectivity index (χ3n) is 3.54. The minimum absolute atomic E-state index is 0.183. The molecule has 0 aromatic heterocycles. The Labute approximate surface area is 128 Å². The van der Waals surface area contributed by atoms with Crippen LogP contribution in [0.1, 0.15) is 18.0 Å². The Morgan fingerprint density at radius 3 is 2.19 bits per heavy atom. The van der Waals surface area contributed by atoms with Crippen LogP contribution in [0.4, 0.5) is 0 Å².